The molecule has 0 saturated heterocycles. The average molecular weight is 168 g/mol. The van der Waals surface area contributed by atoms with E-state index >= 15 is 0 Å². The summed E-state index contributed by atoms with van der Waals surface area (Å²) in [5.74, 6) is 0. The van der Waals surface area contributed by atoms with Gasteiger partial charge in [0.15, 0.2) is 0 Å². The Bertz CT molecular complexity index is 260. The van der Waals surface area contributed by atoms with E-state index in [9.17, 15) is 5.11 Å². The van der Waals surface area contributed by atoms with E-state index in [-0.39, 0.29) is 5.41 Å². The highest BCUT2D eigenvalue weighted by atomic mass is 16.3. The summed E-state index contributed by atoms with van der Waals surface area (Å²) in [6, 6.07) is 1.84. The van der Waals surface area contributed by atoms with Crippen LogP contribution in [0.4, 0.5) is 0 Å². The van der Waals surface area contributed by atoms with Crippen molar-refractivity contribution in [3.63, 3.8) is 0 Å². The Kier molecular flexibility index (Phi) is 2.24. The molecule has 68 valence electrons. The molecule has 0 aromatic carbocycles. The lowest BCUT2D eigenvalue weighted by Crippen LogP contribution is -2.20. The molecule has 1 aromatic heterocycles. The fourth-order valence-corrected chi connectivity index (χ4v) is 1.10. The van der Waals surface area contributed by atoms with Gasteiger partial charge in [0.05, 0.1) is 5.69 Å². The standard InChI is InChI=1S/C9H16N2O/c1-9(2,3)8(12)7-5-6-10-11(7)4/h5-6,8,12H,1-4H3. The minimum absolute atomic E-state index is 0.131. The third kappa shape index (κ3) is 1.67. The molecule has 0 aliphatic rings. The van der Waals surface area contributed by atoms with Crippen molar-refractivity contribution in [2.45, 2.75) is 26.9 Å². The topological polar surface area (TPSA) is 38.0 Å². The van der Waals surface area contributed by atoms with Crippen LogP contribution in [0.15, 0.2) is 12.3 Å². The maximum atomic E-state index is 9.87. The van der Waals surface area contributed by atoms with Gasteiger partial charge >= 0.3 is 0 Å². The Balaban J connectivity index is 2.92. The maximum absolute atomic E-state index is 9.87. The number of aromatic nitrogens is 2. The molecule has 0 aliphatic carbocycles. The van der Waals surface area contributed by atoms with Gasteiger partial charge in [0.2, 0.25) is 0 Å². The van der Waals surface area contributed by atoms with Crippen LogP contribution in [0.25, 0.3) is 0 Å². The van der Waals surface area contributed by atoms with Crippen LogP contribution in [0, 0.1) is 5.41 Å². The molecule has 1 N–H and O–H groups in total. The van der Waals surface area contributed by atoms with Crippen molar-refractivity contribution in [3.8, 4) is 0 Å². The summed E-state index contributed by atoms with van der Waals surface area (Å²) in [5, 5.41) is 13.9. The molecule has 0 aliphatic heterocycles. The minimum atomic E-state index is -0.454. The fraction of sp³-hybridized carbons (Fsp3) is 0.667. The molecule has 0 radical (unpaired) electrons. The maximum Gasteiger partial charge on any atom is 0.100 e. The minimum Gasteiger partial charge on any atom is -0.386 e. The Hall–Kier alpha value is -0.830. The monoisotopic (exact) mass is 168 g/mol. The van der Waals surface area contributed by atoms with Gasteiger partial charge in [-0.1, -0.05) is 20.8 Å². The van der Waals surface area contributed by atoms with Crippen molar-refractivity contribution in [1.29, 1.82) is 0 Å². The van der Waals surface area contributed by atoms with E-state index < -0.39 is 6.10 Å². The van der Waals surface area contributed by atoms with Gasteiger partial charge in [-0.05, 0) is 11.5 Å². The first-order valence-electron chi connectivity index (χ1n) is 4.09. The van der Waals surface area contributed by atoms with Crippen molar-refractivity contribution >= 4 is 0 Å². The van der Waals surface area contributed by atoms with Crippen molar-refractivity contribution in [3.05, 3.63) is 18.0 Å². The molecule has 0 saturated carbocycles. The number of nitrogens with zero attached hydrogens (tertiary/aromatic N) is 2. The number of rotatable bonds is 1. The second-order valence-corrected chi connectivity index (χ2v) is 4.15. The predicted molar refractivity (Wildman–Crippen MR) is 47.6 cm³/mol. The molecule has 0 fully saturated rings. The van der Waals surface area contributed by atoms with Crippen molar-refractivity contribution < 1.29 is 5.11 Å². The zero-order chi connectivity index (χ0) is 9.35. The van der Waals surface area contributed by atoms with E-state index in [1.165, 1.54) is 0 Å². The number of aliphatic hydroxyl groups excluding tert-OH is 1. The number of hydrogen-bond acceptors (Lipinski definition) is 2. The predicted octanol–water partition coefficient (Wildman–Crippen LogP) is 1.50. The highest BCUT2D eigenvalue weighted by Crippen LogP contribution is 2.31. The molecule has 1 unspecified atom stereocenters. The van der Waals surface area contributed by atoms with Crippen LogP contribution in [-0.2, 0) is 7.05 Å². The van der Waals surface area contributed by atoms with Crippen LogP contribution in [0.2, 0.25) is 0 Å². The van der Waals surface area contributed by atoms with Gasteiger partial charge in [-0.3, -0.25) is 4.68 Å². The first-order chi connectivity index (χ1) is 5.43. The zero-order valence-corrected chi connectivity index (χ0v) is 8.07. The lowest BCUT2D eigenvalue weighted by molar-refractivity contribution is 0.0555. The van der Waals surface area contributed by atoms with Gasteiger partial charge < -0.3 is 5.11 Å². The Morgan fingerprint density at radius 3 is 2.42 bits per heavy atom. The highest BCUT2D eigenvalue weighted by Gasteiger charge is 2.25. The molecular formula is C9H16N2O. The second-order valence-electron chi connectivity index (χ2n) is 4.15. The summed E-state index contributed by atoms with van der Waals surface area (Å²) in [6.45, 7) is 6.01. The molecule has 3 nitrogen and oxygen atoms in total. The van der Waals surface area contributed by atoms with E-state index in [2.05, 4.69) is 5.10 Å². The van der Waals surface area contributed by atoms with Crippen molar-refractivity contribution in [2.75, 3.05) is 0 Å². The third-order valence-electron chi connectivity index (χ3n) is 1.96. The first kappa shape index (κ1) is 9.26. The smallest absolute Gasteiger partial charge is 0.100 e. The van der Waals surface area contributed by atoms with Gasteiger partial charge in [0.1, 0.15) is 6.10 Å². The van der Waals surface area contributed by atoms with E-state index in [0.717, 1.165) is 5.69 Å². The number of aryl methyl sites for hydroxylation is 1. The third-order valence-corrected chi connectivity index (χ3v) is 1.96. The summed E-state index contributed by atoms with van der Waals surface area (Å²) >= 11 is 0. The first-order valence-corrected chi connectivity index (χ1v) is 4.09. The number of aliphatic hydroxyl groups is 1. The molecular weight excluding hydrogens is 152 g/mol. The van der Waals surface area contributed by atoms with Gasteiger partial charge in [0.25, 0.3) is 0 Å². The van der Waals surface area contributed by atoms with Gasteiger partial charge in [-0.25, -0.2) is 0 Å². The molecule has 1 aromatic rings. The summed E-state index contributed by atoms with van der Waals surface area (Å²) in [7, 11) is 1.84. The summed E-state index contributed by atoms with van der Waals surface area (Å²) < 4.78 is 1.70. The summed E-state index contributed by atoms with van der Waals surface area (Å²) in [4.78, 5) is 0. The summed E-state index contributed by atoms with van der Waals surface area (Å²) in [6.07, 6.45) is 1.24. The SMILES string of the molecule is Cn1nccc1C(O)C(C)(C)C. The zero-order valence-electron chi connectivity index (χ0n) is 8.07. The molecule has 0 spiro atoms. The van der Waals surface area contributed by atoms with Crippen LogP contribution in [0.5, 0.6) is 0 Å². The molecule has 1 heterocycles. The Morgan fingerprint density at radius 2 is 2.08 bits per heavy atom. The molecule has 0 bridgehead atoms. The van der Waals surface area contributed by atoms with E-state index in [1.54, 1.807) is 10.9 Å². The molecule has 12 heavy (non-hydrogen) atoms. The van der Waals surface area contributed by atoms with E-state index in [1.807, 2.05) is 33.9 Å². The van der Waals surface area contributed by atoms with Gasteiger partial charge in [-0.15, -0.1) is 0 Å². The molecule has 1 atom stereocenters. The lowest BCUT2D eigenvalue weighted by atomic mass is 9.87. The highest BCUT2D eigenvalue weighted by molar-refractivity contribution is 5.06. The van der Waals surface area contributed by atoms with Crippen LogP contribution in [0.3, 0.4) is 0 Å². The van der Waals surface area contributed by atoms with Crippen LogP contribution in [0.1, 0.15) is 32.6 Å². The van der Waals surface area contributed by atoms with Crippen LogP contribution < -0.4 is 0 Å². The van der Waals surface area contributed by atoms with Gasteiger partial charge in [0, 0.05) is 13.2 Å². The average Bonchev–Trinajstić information content (AvgIpc) is 2.31. The quantitative estimate of drug-likeness (QED) is 0.690. The Labute approximate surface area is 73.0 Å². The van der Waals surface area contributed by atoms with E-state index in [0.29, 0.717) is 0 Å². The summed E-state index contributed by atoms with van der Waals surface area (Å²) in [5.41, 5.74) is 0.732. The van der Waals surface area contributed by atoms with Crippen LogP contribution >= 0.6 is 0 Å². The van der Waals surface area contributed by atoms with Crippen molar-refractivity contribution in [1.82, 2.24) is 9.78 Å². The van der Waals surface area contributed by atoms with Gasteiger partial charge in [-0.2, -0.15) is 5.10 Å². The van der Waals surface area contributed by atoms with Crippen LogP contribution in [-0.4, -0.2) is 14.9 Å². The fourth-order valence-electron chi connectivity index (χ4n) is 1.10. The molecule has 3 heteroatoms. The number of hydrogen-bond donors (Lipinski definition) is 1. The molecule has 0 amide bonds. The second kappa shape index (κ2) is 2.90. The Morgan fingerprint density at radius 1 is 1.50 bits per heavy atom. The van der Waals surface area contributed by atoms with E-state index in [4.69, 9.17) is 0 Å². The largest absolute Gasteiger partial charge is 0.386 e. The lowest BCUT2D eigenvalue weighted by Gasteiger charge is -2.25. The van der Waals surface area contributed by atoms with Crippen molar-refractivity contribution in [2.24, 2.45) is 12.5 Å². The normalized spacial score (nSPS) is 14.8. The molecule has 1 rings (SSSR count).